The first kappa shape index (κ1) is 96.1. The van der Waals surface area contributed by atoms with E-state index in [9.17, 15) is 43.2 Å². The van der Waals surface area contributed by atoms with Gasteiger partial charge in [-0.1, -0.05) is 369 Å². The second kappa shape index (κ2) is 72.0. The maximum Gasteiger partial charge on any atom is 0.472 e. The molecule has 0 bridgehead atoms. The van der Waals surface area contributed by atoms with Crippen molar-refractivity contribution < 1.29 is 80.2 Å². The summed E-state index contributed by atoms with van der Waals surface area (Å²) in [6.07, 6.45) is 62.2. The molecule has 5 atom stereocenters. The summed E-state index contributed by atoms with van der Waals surface area (Å²) in [5.41, 5.74) is 0. The van der Waals surface area contributed by atoms with Crippen LogP contribution >= 0.6 is 15.6 Å². The number of hydrogen-bond acceptors (Lipinski definition) is 15. The quantitative estimate of drug-likeness (QED) is 0.0222. The number of rotatable bonds is 79. The lowest BCUT2D eigenvalue weighted by Crippen LogP contribution is -2.30. The number of aliphatic hydroxyl groups is 1. The lowest BCUT2D eigenvalue weighted by molar-refractivity contribution is -0.161. The van der Waals surface area contributed by atoms with Gasteiger partial charge in [-0.2, -0.15) is 0 Å². The molecule has 582 valence electrons. The lowest BCUT2D eigenvalue weighted by Gasteiger charge is -2.21. The van der Waals surface area contributed by atoms with Crippen LogP contribution in [0.1, 0.15) is 420 Å². The summed E-state index contributed by atoms with van der Waals surface area (Å²) in [4.78, 5) is 73.0. The Kier molecular flexibility index (Phi) is 70.6. The maximum atomic E-state index is 13.1. The van der Waals surface area contributed by atoms with E-state index >= 15 is 0 Å². The first-order valence-corrected chi connectivity index (χ1v) is 44.1. The molecule has 3 N–H and O–H groups in total. The van der Waals surface area contributed by atoms with Gasteiger partial charge in [-0.3, -0.25) is 37.3 Å². The number of hydrogen-bond donors (Lipinski definition) is 3. The predicted molar refractivity (Wildman–Crippen MR) is 400 cm³/mol. The number of aliphatic hydroxyl groups excluding tert-OH is 1. The smallest absolute Gasteiger partial charge is 0.462 e. The highest BCUT2D eigenvalue weighted by molar-refractivity contribution is 7.47. The Morgan fingerprint density at radius 1 is 0.276 bits per heavy atom. The summed E-state index contributed by atoms with van der Waals surface area (Å²) in [5.74, 6) is -1.32. The molecule has 0 radical (unpaired) electrons. The average molecular weight is 1440 g/mol. The average Bonchev–Trinajstić information content (AvgIpc) is 1.11. The molecule has 0 saturated carbocycles. The molecule has 0 aromatic rings. The second-order valence-electron chi connectivity index (χ2n) is 28.9. The number of carbonyl (C=O) groups is 4. The van der Waals surface area contributed by atoms with E-state index < -0.39 is 97.5 Å². The molecule has 0 rings (SSSR count). The van der Waals surface area contributed by atoms with Gasteiger partial charge in [0.1, 0.15) is 19.3 Å². The molecule has 0 spiro atoms. The first-order chi connectivity index (χ1) is 47.5. The summed E-state index contributed by atoms with van der Waals surface area (Å²) >= 11 is 0. The highest BCUT2D eigenvalue weighted by Gasteiger charge is 2.30. The molecule has 2 unspecified atom stereocenters. The summed E-state index contributed by atoms with van der Waals surface area (Å²) in [6, 6.07) is 0. The Morgan fingerprint density at radius 2 is 0.469 bits per heavy atom. The molecule has 0 aliphatic rings. The van der Waals surface area contributed by atoms with Crippen molar-refractivity contribution >= 4 is 39.5 Å². The molecular weight excluding hydrogens is 1280 g/mol. The van der Waals surface area contributed by atoms with E-state index in [1.807, 2.05) is 0 Å². The molecule has 0 aromatic heterocycles. The van der Waals surface area contributed by atoms with E-state index in [0.717, 1.165) is 95.8 Å². The van der Waals surface area contributed by atoms with Crippen molar-refractivity contribution in [3.8, 4) is 0 Å². The Labute approximate surface area is 600 Å². The van der Waals surface area contributed by atoms with Gasteiger partial charge in [0.15, 0.2) is 12.2 Å². The number of esters is 4. The Balaban J connectivity index is 5.26. The zero-order valence-corrected chi connectivity index (χ0v) is 65.7. The van der Waals surface area contributed by atoms with Crippen molar-refractivity contribution in [2.45, 2.75) is 438 Å². The van der Waals surface area contributed by atoms with Gasteiger partial charge in [-0.15, -0.1) is 0 Å². The predicted octanol–water partition coefficient (Wildman–Crippen LogP) is 23.6. The van der Waals surface area contributed by atoms with E-state index in [1.54, 1.807) is 0 Å². The zero-order valence-electron chi connectivity index (χ0n) is 63.9. The standard InChI is InChI=1S/C79H154O17P2/c1-6-9-12-15-18-21-24-27-28-29-34-38-43-48-53-58-63-77(82)90-69-75(96-79(84)65-60-55-50-45-40-35-30-33-36-41-46-51-56-61-72(4)5)71-94-98(87,88)92-67-73(80)66-91-97(85,86)93-70-74(95-78(83)64-59-54-49-44-39-32-26-23-20-17-14-11-8-3)68-89-76(81)62-57-52-47-42-37-31-25-22-19-16-13-10-7-2/h72-75,80H,6-71H2,1-5H3,(H,85,86)(H,87,88)/t73-,74+,75+/m0/s1. The van der Waals surface area contributed by atoms with E-state index in [1.165, 1.54) is 244 Å². The number of ether oxygens (including phenoxy) is 4. The van der Waals surface area contributed by atoms with Crippen LogP contribution < -0.4 is 0 Å². The van der Waals surface area contributed by atoms with E-state index in [0.29, 0.717) is 25.7 Å². The van der Waals surface area contributed by atoms with Crippen molar-refractivity contribution in [2.24, 2.45) is 5.92 Å². The number of phosphoric acid groups is 2. The zero-order chi connectivity index (χ0) is 71.9. The number of phosphoric ester groups is 2. The van der Waals surface area contributed by atoms with Gasteiger partial charge in [-0.25, -0.2) is 9.13 Å². The van der Waals surface area contributed by atoms with Crippen LogP contribution in [0.25, 0.3) is 0 Å². The van der Waals surface area contributed by atoms with Crippen molar-refractivity contribution in [2.75, 3.05) is 39.6 Å². The molecule has 0 fully saturated rings. The molecule has 0 aliphatic heterocycles. The summed E-state index contributed by atoms with van der Waals surface area (Å²) in [6.45, 7) is 7.34. The molecule has 0 aromatic carbocycles. The van der Waals surface area contributed by atoms with Gasteiger partial charge >= 0.3 is 39.5 Å². The van der Waals surface area contributed by atoms with Crippen LogP contribution in [-0.4, -0.2) is 96.7 Å². The van der Waals surface area contributed by atoms with Crippen LogP contribution in [0.15, 0.2) is 0 Å². The van der Waals surface area contributed by atoms with Crippen LogP contribution in [0, 0.1) is 5.92 Å². The summed E-state index contributed by atoms with van der Waals surface area (Å²) < 4.78 is 68.7. The molecule has 17 nitrogen and oxygen atoms in total. The van der Waals surface area contributed by atoms with Crippen LogP contribution in [0.5, 0.6) is 0 Å². The summed E-state index contributed by atoms with van der Waals surface area (Å²) in [5, 5.41) is 10.6. The highest BCUT2D eigenvalue weighted by atomic mass is 31.2. The van der Waals surface area contributed by atoms with E-state index in [2.05, 4.69) is 34.6 Å². The van der Waals surface area contributed by atoms with E-state index in [4.69, 9.17) is 37.0 Å². The van der Waals surface area contributed by atoms with Crippen LogP contribution in [-0.2, 0) is 65.4 Å². The fraction of sp³-hybridized carbons (Fsp3) is 0.949. The minimum absolute atomic E-state index is 0.108. The normalized spacial score (nSPS) is 13.9. The van der Waals surface area contributed by atoms with Gasteiger partial charge in [0.2, 0.25) is 0 Å². The van der Waals surface area contributed by atoms with Crippen molar-refractivity contribution in [1.29, 1.82) is 0 Å². The molecular formula is C79H154O17P2. The van der Waals surface area contributed by atoms with Gasteiger partial charge in [0.25, 0.3) is 0 Å². The third-order valence-corrected chi connectivity index (χ3v) is 20.4. The summed E-state index contributed by atoms with van der Waals surface area (Å²) in [7, 11) is -9.92. The monoisotopic (exact) mass is 1440 g/mol. The van der Waals surface area contributed by atoms with E-state index in [-0.39, 0.29) is 25.7 Å². The Hall–Kier alpha value is -1.94. The minimum Gasteiger partial charge on any atom is -0.462 e. The molecule has 0 heterocycles. The maximum absolute atomic E-state index is 13.1. The second-order valence-corrected chi connectivity index (χ2v) is 31.8. The minimum atomic E-state index is -4.96. The number of unbranched alkanes of at least 4 members (excludes halogenated alkanes) is 51. The van der Waals surface area contributed by atoms with Crippen molar-refractivity contribution in [3.63, 3.8) is 0 Å². The lowest BCUT2D eigenvalue weighted by atomic mass is 10.0. The fourth-order valence-corrected chi connectivity index (χ4v) is 13.8. The first-order valence-electron chi connectivity index (χ1n) is 41.1. The molecule has 0 amide bonds. The third-order valence-electron chi connectivity index (χ3n) is 18.5. The van der Waals surface area contributed by atoms with Gasteiger partial charge in [-0.05, 0) is 31.6 Å². The highest BCUT2D eigenvalue weighted by Crippen LogP contribution is 2.45. The van der Waals surface area contributed by atoms with Crippen LogP contribution in [0.2, 0.25) is 0 Å². The van der Waals surface area contributed by atoms with Gasteiger partial charge in [0.05, 0.1) is 26.4 Å². The Morgan fingerprint density at radius 3 is 0.694 bits per heavy atom. The third kappa shape index (κ3) is 72.4. The topological polar surface area (TPSA) is 237 Å². The SMILES string of the molecule is CCCCCCCCCCCCCCCCCCC(=O)OC[C@H](COP(=O)(O)OC[C@@H](O)COP(=O)(O)OC[C@@H](COC(=O)CCCCCCCCCCCCCCC)OC(=O)CCCCCCCCCCCCCCC)OC(=O)CCCCCCCCCCCCCCCC(C)C. The van der Waals surface area contributed by atoms with Crippen molar-refractivity contribution in [3.05, 3.63) is 0 Å². The molecule has 19 heteroatoms. The van der Waals surface area contributed by atoms with Gasteiger partial charge in [0, 0.05) is 25.7 Å². The van der Waals surface area contributed by atoms with Crippen molar-refractivity contribution in [1.82, 2.24) is 0 Å². The number of carbonyl (C=O) groups excluding carboxylic acids is 4. The fourth-order valence-electron chi connectivity index (χ4n) is 12.2. The van der Waals surface area contributed by atoms with Crippen LogP contribution in [0.4, 0.5) is 0 Å². The molecule has 0 aliphatic carbocycles. The molecule has 0 saturated heterocycles. The van der Waals surface area contributed by atoms with Crippen LogP contribution in [0.3, 0.4) is 0 Å². The Bertz CT molecular complexity index is 1870. The van der Waals surface area contributed by atoms with Gasteiger partial charge < -0.3 is 33.8 Å². The largest absolute Gasteiger partial charge is 0.472 e. The molecule has 98 heavy (non-hydrogen) atoms.